The minimum Gasteiger partial charge on any atom is -0.481 e. The molecule has 0 radical (unpaired) electrons. The molecule has 1 aliphatic rings. The summed E-state index contributed by atoms with van der Waals surface area (Å²) in [5.74, 6) is -1.58. The summed E-state index contributed by atoms with van der Waals surface area (Å²) in [7, 11) is 0. The molecule has 2 atom stereocenters. The molecule has 108 valence electrons. The summed E-state index contributed by atoms with van der Waals surface area (Å²) in [4.78, 5) is 27.5. The number of carbonyl (C=O) groups is 2. The number of carboxylic acids is 1. The topological polar surface area (TPSA) is 79.3 Å². The fraction of sp³-hybridized carbons (Fsp3) is 0.500. The number of nitrogens with zero attached hydrogens (tertiary/aromatic N) is 1. The van der Waals surface area contributed by atoms with Crippen LogP contribution < -0.4 is 5.32 Å². The van der Waals surface area contributed by atoms with Gasteiger partial charge < -0.3 is 10.4 Å². The van der Waals surface area contributed by atoms with Crippen LogP contribution in [0.5, 0.6) is 0 Å². The molecule has 20 heavy (non-hydrogen) atoms. The van der Waals surface area contributed by atoms with Crippen molar-refractivity contribution in [3.63, 3.8) is 0 Å². The summed E-state index contributed by atoms with van der Waals surface area (Å²) in [6, 6.07) is 1.31. The Morgan fingerprint density at radius 1 is 1.30 bits per heavy atom. The first kappa shape index (κ1) is 15.0. The maximum atomic E-state index is 12.3. The average Bonchev–Trinajstić information content (AvgIpc) is 2.64. The number of halogens is 1. The highest BCUT2D eigenvalue weighted by Crippen LogP contribution is 2.24. The second kappa shape index (κ2) is 6.83. The van der Waals surface area contributed by atoms with Gasteiger partial charge in [0, 0.05) is 22.9 Å². The lowest BCUT2D eigenvalue weighted by molar-refractivity contribution is -0.142. The van der Waals surface area contributed by atoms with E-state index in [9.17, 15) is 14.7 Å². The molecule has 1 aliphatic carbocycles. The number of nitrogens with one attached hydrogen (secondary N) is 1. The third-order valence-electron chi connectivity index (χ3n) is 3.67. The van der Waals surface area contributed by atoms with E-state index in [1.54, 1.807) is 18.5 Å². The Balaban J connectivity index is 2.12. The van der Waals surface area contributed by atoms with Gasteiger partial charge in [-0.15, -0.1) is 0 Å². The fourth-order valence-corrected chi connectivity index (χ4v) is 3.01. The van der Waals surface area contributed by atoms with E-state index in [2.05, 4.69) is 26.2 Å². The van der Waals surface area contributed by atoms with Crippen molar-refractivity contribution in [2.45, 2.75) is 38.1 Å². The highest BCUT2D eigenvalue weighted by atomic mass is 79.9. The molecule has 1 amide bonds. The number of carbonyl (C=O) groups excluding carboxylic acids is 1. The molecular formula is C14H17BrN2O3. The van der Waals surface area contributed by atoms with E-state index in [-0.39, 0.29) is 11.9 Å². The van der Waals surface area contributed by atoms with Crippen LogP contribution in [0.4, 0.5) is 0 Å². The average molecular weight is 341 g/mol. The van der Waals surface area contributed by atoms with Gasteiger partial charge in [0.1, 0.15) is 0 Å². The Kier molecular flexibility index (Phi) is 5.11. The van der Waals surface area contributed by atoms with Gasteiger partial charge in [-0.1, -0.05) is 19.3 Å². The lowest BCUT2D eigenvalue weighted by Gasteiger charge is -2.23. The second-order valence-corrected chi connectivity index (χ2v) is 5.87. The van der Waals surface area contributed by atoms with Crippen molar-refractivity contribution in [1.29, 1.82) is 0 Å². The van der Waals surface area contributed by atoms with Crippen molar-refractivity contribution in [3.05, 3.63) is 28.5 Å². The quantitative estimate of drug-likeness (QED) is 0.829. The molecule has 0 bridgehead atoms. The predicted molar refractivity (Wildman–Crippen MR) is 77.4 cm³/mol. The van der Waals surface area contributed by atoms with Crippen LogP contribution in [0.15, 0.2) is 22.9 Å². The van der Waals surface area contributed by atoms with Crippen LogP contribution in [0.3, 0.4) is 0 Å². The summed E-state index contributed by atoms with van der Waals surface area (Å²) >= 11 is 3.28. The van der Waals surface area contributed by atoms with Gasteiger partial charge in [0.25, 0.3) is 5.91 Å². The lowest BCUT2D eigenvalue weighted by Crippen LogP contribution is -2.42. The standard InChI is InChI=1S/C14H17BrN2O3/c15-11-8-16-7-6-9(11)13(18)17-12-5-3-1-2-4-10(12)14(19)20/h6-8,10,12H,1-5H2,(H,17,18)(H,19,20)/t10-,12+/m1/s1. The van der Waals surface area contributed by atoms with Gasteiger partial charge in [0.2, 0.25) is 0 Å². The molecule has 5 nitrogen and oxygen atoms in total. The first-order valence-corrected chi connectivity index (χ1v) is 7.52. The van der Waals surface area contributed by atoms with Crippen LogP contribution in [0.2, 0.25) is 0 Å². The zero-order valence-electron chi connectivity index (χ0n) is 11.0. The Hall–Kier alpha value is -1.43. The lowest BCUT2D eigenvalue weighted by atomic mass is 9.94. The molecule has 1 fully saturated rings. The maximum Gasteiger partial charge on any atom is 0.308 e. The van der Waals surface area contributed by atoms with E-state index in [1.165, 1.54) is 0 Å². The Morgan fingerprint density at radius 2 is 2.05 bits per heavy atom. The van der Waals surface area contributed by atoms with Crippen molar-refractivity contribution in [3.8, 4) is 0 Å². The fourth-order valence-electron chi connectivity index (χ4n) is 2.58. The SMILES string of the molecule is O=C(N[C@H]1CCCCC[C@H]1C(=O)O)c1ccncc1Br. The number of aromatic nitrogens is 1. The molecule has 6 heteroatoms. The number of hydrogen-bond acceptors (Lipinski definition) is 3. The minimum absolute atomic E-state index is 0.252. The summed E-state index contributed by atoms with van der Waals surface area (Å²) in [6.07, 6.45) is 7.31. The molecule has 2 rings (SSSR count). The van der Waals surface area contributed by atoms with Gasteiger partial charge in [-0.25, -0.2) is 0 Å². The van der Waals surface area contributed by atoms with Crippen LogP contribution in [-0.2, 0) is 4.79 Å². The normalized spacial score (nSPS) is 22.9. The van der Waals surface area contributed by atoms with Crippen molar-refractivity contribution < 1.29 is 14.7 Å². The molecule has 0 aromatic carbocycles. The number of hydrogen-bond donors (Lipinski definition) is 2. The number of aliphatic carboxylic acids is 1. The van der Waals surface area contributed by atoms with Crippen molar-refractivity contribution in [2.75, 3.05) is 0 Å². The predicted octanol–water partition coefficient (Wildman–Crippen LogP) is 2.61. The van der Waals surface area contributed by atoms with E-state index in [1.807, 2.05) is 0 Å². The van der Waals surface area contributed by atoms with Crippen LogP contribution in [0, 0.1) is 5.92 Å². The number of carboxylic acid groups (broad SMARTS) is 1. The monoisotopic (exact) mass is 340 g/mol. The van der Waals surface area contributed by atoms with Gasteiger partial charge in [0.15, 0.2) is 0 Å². The van der Waals surface area contributed by atoms with Crippen molar-refractivity contribution in [1.82, 2.24) is 10.3 Å². The van der Waals surface area contributed by atoms with Crippen molar-refractivity contribution >= 4 is 27.8 Å². The molecule has 1 heterocycles. The molecule has 0 saturated heterocycles. The molecular weight excluding hydrogens is 324 g/mol. The van der Waals surface area contributed by atoms with E-state index >= 15 is 0 Å². The first-order chi connectivity index (χ1) is 9.59. The van der Waals surface area contributed by atoms with Crippen LogP contribution in [-0.4, -0.2) is 28.0 Å². The molecule has 0 unspecified atom stereocenters. The van der Waals surface area contributed by atoms with Crippen LogP contribution >= 0.6 is 15.9 Å². The summed E-state index contributed by atoms with van der Waals surface area (Å²) in [5.41, 5.74) is 0.480. The van der Waals surface area contributed by atoms with Gasteiger partial charge in [-0.3, -0.25) is 14.6 Å². The smallest absolute Gasteiger partial charge is 0.308 e. The zero-order chi connectivity index (χ0) is 14.5. The van der Waals surface area contributed by atoms with E-state index in [0.717, 1.165) is 19.3 Å². The van der Waals surface area contributed by atoms with E-state index in [0.29, 0.717) is 22.9 Å². The Labute approximate surface area is 125 Å². The minimum atomic E-state index is -0.828. The molecule has 0 aliphatic heterocycles. The highest BCUT2D eigenvalue weighted by Gasteiger charge is 2.31. The van der Waals surface area contributed by atoms with Gasteiger partial charge in [-0.05, 0) is 34.8 Å². The Morgan fingerprint density at radius 3 is 2.75 bits per heavy atom. The van der Waals surface area contributed by atoms with Crippen LogP contribution in [0.25, 0.3) is 0 Å². The number of rotatable bonds is 3. The van der Waals surface area contributed by atoms with Gasteiger partial charge in [0.05, 0.1) is 11.5 Å². The number of amides is 1. The third kappa shape index (κ3) is 3.56. The molecule has 1 aromatic rings. The Bertz CT molecular complexity index is 507. The summed E-state index contributed by atoms with van der Waals surface area (Å²) < 4.78 is 0.609. The van der Waals surface area contributed by atoms with E-state index < -0.39 is 11.9 Å². The van der Waals surface area contributed by atoms with Gasteiger partial charge in [-0.2, -0.15) is 0 Å². The van der Waals surface area contributed by atoms with Crippen molar-refractivity contribution in [2.24, 2.45) is 5.92 Å². The van der Waals surface area contributed by atoms with E-state index in [4.69, 9.17) is 0 Å². The maximum absolute atomic E-state index is 12.3. The van der Waals surface area contributed by atoms with Gasteiger partial charge >= 0.3 is 5.97 Å². The summed E-state index contributed by atoms with van der Waals surface area (Å²) in [5, 5.41) is 12.2. The molecule has 0 spiro atoms. The first-order valence-electron chi connectivity index (χ1n) is 6.73. The highest BCUT2D eigenvalue weighted by molar-refractivity contribution is 9.10. The number of pyridine rings is 1. The molecule has 2 N–H and O–H groups in total. The van der Waals surface area contributed by atoms with Crippen LogP contribution in [0.1, 0.15) is 42.5 Å². The zero-order valence-corrected chi connectivity index (χ0v) is 12.6. The third-order valence-corrected chi connectivity index (χ3v) is 4.30. The molecule has 1 saturated carbocycles. The summed E-state index contributed by atoms with van der Waals surface area (Å²) in [6.45, 7) is 0. The second-order valence-electron chi connectivity index (χ2n) is 5.02. The molecule has 1 aromatic heterocycles. The largest absolute Gasteiger partial charge is 0.481 e.